The average Bonchev–Trinajstić information content (AvgIpc) is 2.46. The van der Waals surface area contributed by atoms with Crippen molar-refractivity contribution in [2.45, 2.75) is 6.92 Å². The van der Waals surface area contributed by atoms with Gasteiger partial charge in [0.1, 0.15) is 5.82 Å². The fourth-order valence-corrected chi connectivity index (χ4v) is 1.62. The SMILES string of the molecule is CC(=O)N(O)c1ccc(-c2ccc(F)cc2)cc1.O=S(=O)(O)O. The number of hydroxylamine groups is 1. The third-order valence-electron chi connectivity index (χ3n) is 2.59. The molecule has 0 unspecified atom stereocenters. The largest absolute Gasteiger partial charge is 0.394 e. The molecule has 0 atom stereocenters. The van der Waals surface area contributed by atoms with E-state index in [0.29, 0.717) is 10.8 Å². The van der Waals surface area contributed by atoms with Gasteiger partial charge in [-0.3, -0.25) is 19.1 Å². The first-order valence-electron chi connectivity index (χ1n) is 6.13. The minimum Gasteiger partial charge on any atom is -0.281 e. The fraction of sp³-hybridized carbons (Fsp3) is 0.0714. The highest BCUT2D eigenvalue weighted by atomic mass is 32.3. The van der Waals surface area contributed by atoms with Gasteiger partial charge in [-0.25, -0.2) is 4.39 Å². The van der Waals surface area contributed by atoms with Crippen molar-refractivity contribution in [1.82, 2.24) is 0 Å². The van der Waals surface area contributed by atoms with Crippen LogP contribution in [0.25, 0.3) is 11.1 Å². The summed E-state index contributed by atoms with van der Waals surface area (Å²) in [5.74, 6) is -0.738. The molecule has 0 heterocycles. The highest BCUT2D eigenvalue weighted by Crippen LogP contribution is 2.22. The zero-order valence-electron chi connectivity index (χ0n) is 11.9. The predicted octanol–water partition coefficient (Wildman–Crippen LogP) is 2.58. The van der Waals surface area contributed by atoms with Crippen molar-refractivity contribution in [3.63, 3.8) is 0 Å². The highest BCUT2D eigenvalue weighted by Gasteiger charge is 2.07. The Kier molecular flexibility index (Phi) is 6.34. The van der Waals surface area contributed by atoms with Crippen LogP contribution in [0.3, 0.4) is 0 Å². The summed E-state index contributed by atoms with van der Waals surface area (Å²) in [6.45, 7) is 1.27. The molecule has 7 nitrogen and oxygen atoms in total. The van der Waals surface area contributed by atoms with Gasteiger partial charge in [0, 0.05) is 6.92 Å². The first kappa shape index (κ1) is 18.7. The maximum atomic E-state index is 12.8. The number of carbonyl (C=O) groups excluding carboxylic acids is 1. The van der Waals surface area contributed by atoms with Gasteiger partial charge in [-0.15, -0.1) is 0 Å². The van der Waals surface area contributed by atoms with Crippen LogP contribution in [0.4, 0.5) is 10.1 Å². The topological polar surface area (TPSA) is 115 Å². The summed E-state index contributed by atoms with van der Waals surface area (Å²) in [6.07, 6.45) is 0. The van der Waals surface area contributed by atoms with Crippen molar-refractivity contribution in [1.29, 1.82) is 0 Å². The number of amides is 1. The van der Waals surface area contributed by atoms with Crippen molar-refractivity contribution in [3.05, 3.63) is 54.3 Å². The molecule has 0 radical (unpaired) electrons. The van der Waals surface area contributed by atoms with Crippen LogP contribution >= 0.6 is 0 Å². The molecule has 0 aliphatic rings. The fourth-order valence-electron chi connectivity index (χ4n) is 1.62. The van der Waals surface area contributed by atoms with E-state index in [1.54, 1.807) is 36.4 Å². The van der Waals surface area contributed by atoms with E-state index in [2.05, 4.69) is 0 Å². The van der Waals surface area contributed by atoms with Crippen molar-refractivity contribution >= 4 is 22.0 Å². The Bertz CT molecular complexity index is 751. The van der Waals surface area contributed by atoms with E-state index >= 15 is 0 Å². The summed E-state index contributed by atoms with van der Waals surface area (Å²) in [5.41, 5.74) is 2.15. The number of halogens is 1. The van der Waals surface area contributed by atoms with Crippen molar-refractivity contribution in [2.24, 2.45) is 0 Å². The molecule has 23 heavy (non-hydrogen) atoms. The highest BCUT2D eigenvalue weighted by molar-refractivity contribution is 7.79. The summed E-state index contributed by atoms with van der Waals surface area (Å²) < 4.78 is 44.4. The Morgan fingerprint density at radius 2 is 1.30 bits per heavy atom. The van der Waals surface area contributed by atoms with Gasteiger partial charge in [-0.2, -0.15) is 13.5 Å². The molecule has 3 N–H and O–H groups in total. The minimum absolute atomic E-state index is 0.284. The monoisotopic (exact) mass is 343 g/mol. The van der Waals surface area contributed by atoms with Crippen molar-refractivity contribution in [3.8, 4) is 11.1 Å². The summed E-state index contributed by atoms with van der Waals surface area (Å²) in [6, 6.07) is 12.9. The second-order valence-corrected chi connectivity index (χ2v) is 5.23. The van der Waals surface area contributed by atoms with Crippen LogP contribution in [0.5, 0.6) is 0 Å². The lowest BCUT2D eigenvalue weighted by atomic mass is 10.1. The number of benzene rings is 2. The number of rotatable bonds is 2. The van der Waals surface area contributed by atoms with Gasteiger partial charge >= 0.3 is 10.4 Å². The molecule has 0 aliphatic heterocycles. The minimum atomic E-state index is -4.67. The maximum Gasteiger partial charge on any atom is 0.394 e. The van der Waals surface area contributed by atoms with Crippen LogP contribution in [0.1, 0.15) is 6.92 Å². The van der Waals surface area contributed by atoms with Crippen LogP contribution < -0.4 is 5.06 Å². The number of carbonyl (C=O) groups is 1. The van der Waals surface area contributed by atoms with Gasteiger partial charge in [-0.1, -0.05) is 24.3 Å². The lowest BCUT2D eigenvalue weighted by Gasteiger charge is -2.12. The lowest BCUT2D eigenvalue weighted by molar-refractivity contribution is -0.121. The third kappa shape index (κ3) is 6.98. The van der Waals surface area contributed by atoms with E-state index in [9.17, 15) is 14.4 Å². The summed E-state index contributed by atoms with van der Waals surface area (Å²) in [7, 11) is -4.67. The van der Waals surface area contributed by atoms with Gasteiger partial charge in [-0.05, 0) is 35.4 Å². The molecule has 1 amide bonds. The smallest absolute Gasteiger partial charge is 0.281 e. The quantitative estimate of drug-likeness (QED) is 0.438. The van der Waals surface area contributed by atoms with E-state index in [-0.39, 0.29) is 5.82 Å². The molecule has 2 rings (SSSR count). The second kappa shape index (κ2) is 7.79. The molecule has 0 saturated carbocycles. The summed E-state index contributed by atoms with van der Waals surface area (Å²) >= 11 is 0. The van der Waals surface area contributed by atoms with Gasteiger partial charge < -0.3 is 0 Å². The average molecular weight is 343 g/mol. The van der Waals surface area contributed by atoms with Crippen LogP contribution in [-0.2, 0) is 15.2 Å². The lowest BCUT2D eigenvalue weighted by Crippen LogP contribution is -2.23. The van der Waals surface area contributed by atoms with Gasteiger partial charge in [0.05, 0.1) is 5.69 Å². The van der Waals surface area contributed by atoms with E-state index in [0.717, 1.165) is 11.1 Å². The third-order valence-corrected chi connectivity index (χ3v) is 2.59. The molecular formula is C14H14FNO6S. The first-order chi connectivity index (χ1) is 10.6. The standard InChI is InChI=1S/C14H12FNO2.H2O4S/c1-10(17)16(18)14-8-4-12(5-9-14)11-2-6-13(15)7-3-11;1-5(2,3)4/h2-9,18H,1H3;(H2,1,2,3,4). The van der Waals surface area contributed by atoms with Crippen LogP contribution in [0, 0.1) is 5.82 Å². The number of nitrogens with zero attached hydrogens (tertiary/aromatic N) is 1. The predicted molar refractivity (Wildman–Crippen MR) is 81.0 cm³/mol. The molecule has 0 saturated heterocycles. The molecule has 9 heteroatoms. The van der Waals surface area contributed by atoms with Crippen LogP contribution in [0.15, 0.2) is 48.5 Å². The summed E-state index contributed by atoms with van der Waals surface area (Å²) in [4.78, 5) is 11.0. The Morgan fingerprint density at radius 1 is 0.957 bits per heavy atom. The Hall–Kier alpha value is -2.33. The zero-order valence-corrected chi connectivity index (χ0v) is 12.7. The molecule has 0 bridgehead atoms. The molecule has 124 valence electrons. The van der Waals surface area contributed by atoms with Gasteiger partial charge in [0.25, 0.3) is 0 Å². The first-order valence-corrected chi connectivity index (χ1v) is 7.53. The Labute approximate surface area is 132 Å². The van der Waals surface area contributed by atoms with E-state index < -0.39 is 16.3 Å². The van der Waals surface area contributed by atoms with Crippen LogP contribution in [-0.4, -0.2) is 28.6 Å². The van der Waals surface area contributed by atoms with Gasteiger partial charge in [0.2, 0.25) is 5.91 Å². The van der Waals surface area contributed by atoms with Gasteiger partial charge in [0.15, 0.2) is 0 Å². The summed E-state index contributed by atoms with van der Waals surface area (Å²) in [5, 5.41) is 10.0. The van der Waals surface area contributed by atoms with E-state index in [1.807, 2.05) is 0 Å². The molecule has 0 fully saturated rings. The molecule has 2 aromatic rings. The van der Waals surface area contributed by atoms with Crippen molar-refractivity contribution < 1.29 is 31.9 Å². The maximum absolute atomic E-state index is 12.8. The van der Waals surface area contributed by atoms with E-state index in [1.165, 1.54) is 19.1 Å². The normalized spacial score (nSPS) is 10.5. The van der Waals surface area contributed by atoms with Crippen molar-refractivity contribution in [2.75, 3.05) is 5.06 Å². The van der Waals surface area contributed by atoms with E-state index in [4.69, 9.17) is 17.5 Å². The molecular weight excluding hydrogens is 329 g/mol. The molecule has 0 spiro atoms. The molecule has 0 aliphatic carbocycles. The second-order valence-electron chi connectivity index (χ2n) is 4.33. The number of hydrogen-bond donors (Lipinski definition) is 3. The zero-order chi connectivity index (χ0) is 17.6. The Balaban J connectivity index is 0.000000463. The Morgan fingerprint density at radius 3 is 1.65 bits per heavy atom. The number of hydrogen-bond acceptors (Lipinski definition) is 4. The van der Waals surface area contributed by atoms with Crippen LogP contribution in [0.2, 0.25) is 0 Å². The molecule has 0 aromatic heterocycles. The number of anilines is 1. The molecule has 2 aromatic carbocycles.